The SMILES string of the molecule is c1ccc(-c2ccc(-c3nc(-n4c5ccccc5c5c6cc(-n7c8ccccc8c8ccccc87)ccc6ccc54)nc4ccccc34)cc2)nc1. The highest BCUT2D eigenvalue weighted by atomic mass is 15.2. The molecule has 0 aliphatic rings. The summed E-state index contributed by atoms with van der Waals surface area (Å²) >= 11 is 0. The standard InChI is InChI=1S/C47H29N5/c1-5-16-40-36(13-1)46(32-22-20-31(21-23-32)39-15-9-10-28-48-39)50-47(49-40)52-43-19-8-4-14-37(43)45-38-29-33(26-24-30(38)25-27-44(45)52)51-41-17-6-2-11-34(41)35-12-3-7-18-42(35)51/h1-29H. The number of benzene rings is 7. The van der Waals surface area contributed by atoms with Crippen molar-refractivity contribution in [3.05, 3.63) is 176 Å². The van der Waals surface area contributed by atoms with Crippen LogP contribution in [0.3, 0.4) is 0 Å². The van der Waals surface area contributed by atoms with Gasteiger partial charge in [-0.1, -0.05) is 115 Å². The maximum atomic E-state index is 5.35. The Balaban J connectivity index is 1.15. The molecule has 11 rings (SSSR count). The molecule has 0 aliphatic heterocycles. The number of pyridine rings is 1. The van der Waals surface area contributed by atoms with Gasteiger partial charge in [-0.3, -0.25) is 9.55 Å². The summed E-state index contributed by atoms with van der Waals surface area (Å²) in [5.41, 5.74) is 10.5. The molecule has 0 amide bonds. The average Bonchev–Trinajstić information content (AvgIpc) is 3.74. The van der Waals surface area contributed by atoms with Gasteiger partial charge in [-0.15, -0.1) is 0 Å². The van der Waals surface area contributed by atoms with Gasteiger partial charge in [0.2, 0.25) is 5.95 Å². The number of aromatic nitrogens is 5. The Morgan fingerprint density at radius 1 is 0.404 bits per heavy atom. The molecule has 0 spiro atoms. The topological polar surface area (TPSA) is 48.5 Å². The van der Waals surface area contributed by atoms with E-state index in [1.165, 1.54) is 43.4 Å². The van der Waals surface area contributed by atoms with E-state index in [1.807, 2.05) is 30.5 Å². The predicted molar refractivity (Wildman–Crippen MR) is 214 cm³/mol. The molecule has 0 N–H and O–H groups in total. The highest BCUT2D eigenvalue weighted by Crippen LogP contribution is 2.39. The van der Waals surface area contributed by atoms with Crippen LogP contribution in [0.5, 0.6) is 0 Å². The van der Waals surface area contributed by atoms with Gasteiger partial charge in [0, 0.05) is 49.9 Å². The Labute approximate surface area is 298 Å². The van der Waals surface area contributed by atoms with Crippen molar-refractivity contribution in [3.63, 3.8) is 0 Å². The zero-order chi connectivity index (χ0) is 34.2. The van der Waals surface area contributed by atoms with Crippen molar-refractivity contribution in [2.24, 2.45) is 0 Å². The number of hydrogen-bond donors (Lipinski definition) is 0. The summed E-state index contributed by atoms with van der Waals surface area (Å²) in [7, 11) is 0. The Morgan fingerprint density at radius 3 is 1.75 bits per heavy atom. The van der Waals surface area contributed by atoms with Crippen LogP contribution in [0.25, 0.3) is 99.4 Å². The summed E-state index contributed by atoms with van der Waals surface area (Å²) < 4.78 is 4.62. The third kappa shape index (κ3) is 4.26. The molecule has 52 heavy (non-hydrogen) atoms. The van der Waals surface area contributed by atoms with E-state index in [0.717, 1.165) is 50.1 Å². The molecule has 7 aromatic carbocycles. The Bertz CT molecular complexity index is 3120. The molecule has 0 fully saturated rings. The molecular formula is C47H29N5. The lowest BCUT2D eigenvalue weighted by Crippen LogP contribution is -2.03. The van der Waals surface area contributed by atoms with Crippen LogP contribution in [-0.2, 0) is 0 Å². The van der Waals surface area contributed by atoms with E-state index < -0.39 is 0 Å². The minimum Gasteiger partial charge on any atom is -0.309 e. The van der Waals surface area contributed by atoms with Crippen LogP contribution < -0.4 is 0 Å². The van der Waals surface area contributed by atoms with Crippen LogP contribution in [0, 0.1) is 0 Å². The first-order chi connectivity index (χ1) is 25.8. The minimum absolute atomic E-state index is 0.645. The quantitative estimate of drug-likeness (QED) is 0.188. The Kier molecular flexibility index (Phi) is 6.18. The molecule has 4 aromatic heterocycles. The van der Waals surface area contributed by atoms with Gasteiger partial charge >= 0.3 is 0 Å². The van der Waals surface area contributed by atoms with Gasteiger partial charge in [0.15, 0.2) is 0 Å². The molecule has 5 nitrogen and oxygen atoms in total. The van der Waals surface area contributed by atoms with E-state index in [2.05, 4.69) is 160 Å². The first-order valence-corrected chi connectivity index (χ1v) is 17.5. The van der Waals surface area contributed by atoms with Gasteiger partial charge in [0.05, 0.1) is 39.0 Å². The second-order valence-electron chi connectivity index (χ2n) is 13.3. The van der Waals surface area contributed by atoms with Crippen LogP contribution in [0.15, 0.2) is 176 Å². The lowest BCUT2D eigenvalue weighted by atomic mass is 10.0. The molecule has 242 valence electrons. The number of hydrogen-bond acceptors (Lipinski definition) is 3. The Hall–Kier alpha value is -7.11. The van der Waals surface area contributed by atoms with Gasteiger partial charge in [-0.2, -0.15) is 0 Å². The lowest BCUT2D eigenvalue weighted by Gasteiger charge is -2.13. The van der Waals surface area contributed by atoms with Gasteiger partial charge < -0.3 is 4.57 Å². The maximum absolute atomic E-state index is 5.35. The van der Waals surface area contributed by atoms with Crippen molar-refractivity contribution in [2.75, 3.05) is 0 Å². The molecule has 0 atom stereocenters. The normalized spacial score (nSPS) is 11.8. The van der Waals surface area contributed by atoms with Crippen LogP contribution in [0.1, 0.15) is 0 Å². The van der Waals surface area contributed by atoms with E-state index in [1.54, 1.807) is 0 Å². The third-order valence-corrected chi connectivity index (χ3v) is 10.4. The van der Waals surface area contributed by atoms with Gasteiger partial charge in [-0.05, 0) is 65.4 Å². The Morgan fingerprint density at radius 2 is 1.02 bits per heavy atom. The van der Waals surface area contributed by atoms with Gasteiger partial charge in [0.25, 0.3) is 0 Å². The zero-order valence-corrected chi connectivity index (χ0v) is 28.0. The number of rotatable bonds is 4. The van der Waals surface area contributed by atoms with Crippen LogP contribution in [0.4, 0.5) is 0 Å². The second-order valence-corrected chi connectivity index (χ2v) is 13.3. The minimum atomic E-state index is 0.645. The maximum Gasteiger partial charge on any atom is 0.235 e. The summed E-state index contributed by atoms with van der Waals surface area (Å²) in [4.78, 5) is 15.1. The van der Waals surface area contributed by atoms with Crippen molar-refractivity contribution < 1.29 is 0 Å². The van der Waals surface area contributed by atoms with E-state index in [9.17, 15) is 0 Å². The molecule has 0 saturated carbocycles. The molecule has 0 saturated heterocycles. The summed E-state index contributed by atoms with van der Waals surface area (Å²) in [6.07, 6.45) is 1.83. The predicted octanol–water partition coefficient (Wildman–Crippen LogP) is 11.7. The average molecular weight is 664 g/mol. The van der Waals surface area contributed by atoms with E-state index in [4.69, 9.17) is 9.97 Å². The largest absolute Gasteiger partial charge is 0.309 e. The highest BCUT2D eigenvalue weighted by Gasteiger charge is 2.20. The summed E-state index contributed by atoms with van der Waals surface area (Å²) in [6, 6.07) is 60.0. The molecule has 5 heteroatoms. The highest BCUT2D eigenvalue weighted by molar-refractivity contribution is 6.22. The summed E-state index contributed by atoms with van der Waals surface area (Å²) in [6.45, 7) is 0. The molecule has 0 radical (unpaired) electrons. The van der Waals surface area contributed by atoms with Crippen molar-refractivity contribution in [2.45, 2.75) is 0 Å². The molecule has 0 unspecified atom stereocenters. The van der Waals surface area contributed by atoms with Crippen molar-refractivity contribution in [3.8, 4) is 34.2 Å². The fourth-order valence-corrected chi connectivity index (χ4v) is 8.05. The van der Waals surface area contributed by atoms with Crippen LogP contribution >= 0.6 is 0 Å². The monoisotopic (exact) mass is 663 g/mol. The number of fused-ring (bicyclic) bond motifs is 9. The van der Waals surface area contributed by atoms with E-state index in [0.29, 0.717) is 5.95 Å². The molecule has 0 bridgehead atoms. The van der Waals surface area contributed by atoms with Crippen molar-refractivity contribution in [1.82, 2.24) is 24.1 Å². The van der Waals surface area contributed by atoms with Crippen LogP contribution in [0.2, 0.25) is 0 Å². The first kappa shape index (κ1) is 28.7. The third-order valence-electron chi connectivity index (χ3n) is 10.4. The van der Waals surface area contributed by atoms with Crippen LogP contribution in [-0.4, -0.2) is 24.1 Å². The molecule has 11 aromatic rings. The van der Waals surface area contributed by atoms with Gasteiger partial charge in [0.1, 0.15) is 0 Å². The zero-order valence-electron chi connectivity index (χ0n) is 28.0. The van der Waals surface area contributed by atoms with Crippen molar-refractivity contribution >= 4 is 65.3 Å². The summed E-state index contributed by atoms with van der Waals surface area (Å²) in [5.74, 6) is 0.645. The lowest BCUT2D eigenvalue weighted by molar-refractivity contribution is 1.01. The molecule has 0 aliphatic carbocycles. The smallest absolute Gasteiger partial charge is 0.235 e. The summed E-state index contributed by atoms with van der Waals surface area (Å²) in [5, 5.41) is 8.26. The first-order valence-electron chi connectivity index (χ1n) is 17.5. The number of para-hydroxylation sites is 4. The molecule has 4 heterocycles. The van der Waals surface area contributed by atoms with Crippen molar-refractivity contribution in [1.29, 1.82) is 0 Å². The second kappa shape index (κ2) is 11.2. The van der Waals surface area contributed by atoms with E-state index in [-0.39, 0.29) is 0 Å². The molecular weight excluding hydrogens is 635 g/mol. The number of nitrogens with zero attached hydrogens (tertiary/aromatic N) is 5. The van der Waals surface area contributed by atoms with E-state index >= 15 is 0 Å². The fourth-order valence-electron chi connectivity index (χ4n) is 8.05. The fraction of sp³-hybridized carbons (Fsp3) is 0. The van der Waals surface area contributed by atoms with Gasteiger partial charge in [-0.25, -0.2) is 9.97 Å².